The average Bonchev–Trinajstić information content (AvgIpc) is 2.56. The molecule has 1 unspecified atom stereocenters. The maximum Gasteiger partial charge on any atom is 0.308 e. The van der Waals surface area contributed by atoms with E-state index in [0.717, 1.165) is 25.7 Å². The van der Waals surface area contributed by atoms with Crippen LogP contribution in [0.1, 0.15) is 38.5 Å². The van der Waals surface area contributed by atoms with Gasteiger partial charge in [0.05, 0.1) is 18.2 Å². The highest BCUT2D eigenvalue weighted by molar-refractivity contribution is 6.31. The van der Waals surface area contributed by atoms with Crippen LogP contribution in [0.25, 0.3) is 0 Å². The standard InChI is InChI=1S/C17H20ClNO4/c18-12-6-7-14-13(10-12)19-16(20)15(23-14)8-9-22-17(21)11-4-2-1-3-5-11/h6-7,10-11,15H,1-5,8-9H2,(H,19,20). The van der Waals surface area contributed by atoms with Crippen molar-refractivity contribution in [3.05, 3.63) is 23.2 Å². The van der Waals surface area contributed by atoms with Crippen LogP contribution in [0, 0.1) is 5.92 Å². The Balaban J connectivity index is 1.49. The molecule has 1 aromatic carbocycles. The fourth-order valence-corrected chi connectivity index (χ4v) is 3.21. The number of hydrogen-bond donors (Lipinski definition) is 1. The predicted octanol–water partition coefficient (Wildman–Crippen LogP) is 3.55. The highest BCUT2D eigenvalue weighted by Crippen LogP contribution is 2.32. The minimum Gasteiger partial charge on any atom is -0.478 e. The molecule has 1 aliphatic heterocycles. The van der Waals surface area contributed by atoms with Gasteiger partial charge in [-0.2, -0.15) is 0 Å². The number of amides is 1. The largest absolute Gasteiger partial charge is 0.478 e. The lowest BCUT2D eigenvalue weighted by molar-refractivity contribution is -0.150. The third-order valence-corrected chi connectivity index (χ3v) is 4.56. The number of ether oxygens (including phenoxy) is 2. The van der Waals surface area contributed by atoms with Gasteiger partial charge >= 0.3 is 5.97 Å². The molecule has 0 radical (unpaired) electrons. The summed E-state index contributed by atoms with van der Waals surface area (Å²) in [5.74, 6) is 0.215. The molecule has 0 bridgehead atoms. The smallest absolute Gasteiger partial charge is 0.308 e. The van der Waals surface area contributed by atoms with Crippen LogP contribution in [0.3, 0.4) is 0 Å². The van der Waals surface area contributed by atoms with Crippen molar-refractivity contribution < 1.29 is 19.1 Å². The minimum atomic E-state index is -0.650. The molecule has 6 heteroatoms. The molecule has 1 atom stereocenters. The van der Waals surface area contributed by atoms with Crippen LogP contribution in [-0.2, 0) is 14.3 Å². The van der Waals surface area contributed by atoms with Crippen molar-refractivity contribution in [1.82, 2.24) is 0 Å². The molecule has 1 saturated carbocycles. The molecule has 1 amide bonds. The van der Waals surface area contributed by atoms with Crippen molar-refractivity contribution in [3.8, 4) is 5.75 Å². The zero-order valence-electron chi connectivity index (χ0n) is 12.8. The highest BCUT2D eigenvalue weighted by atomic mass is 35.5. The highest BCUT2D eigenvalue weighted by Gasteiger charge is 2.28. The molecule has 1 heterocycles. The first kappa shape index (κ1) is 16.1. The van der Waals surface area contributed by atoms with Gasteiger partial charge in [-0.25, -0.2) is 0 Å². The topological polar surface area (TPSA) is 64.6 Å². The maximum absolute atomic E-state index is 12.0. The van der Waals surface area contributed by atoms with Crippen LogP contribution in [0.15, 0.2) is 18.2 Å². The number of halogens is 1. The Kier molecular flexibility index (Phi) is 5.06. The zero-order chi connectivity index (χ0) is 16.2. The maximum atomic E-state index is 12.0. The zero-order valence-corrected chi connectivity index (χ0v) is 13.6. The molecular weight excluding hydrogens is 318 g/mol. The number of anilines is 1. The van der Waals surface area contributed by atoms with E-state index in [0.29, 0.717) is 22.9 Å². The van der Waals surface area contributed by atoms with Gasteiger partial charge in [0.1, 0.15) is 5.75 Å². The number of fused-ring (bicyclic) bond motifs is 1. The van der Waals surface area contributed by atoms with Crippen LogP contribution >= 0.6 is 11.6 Å². The van der Waals surface area contributed by atoms with Crippen molar-refractivity contribution in [2.24, 2.45) is 5.92 Å². The van der Waals surface area contributed by atoms with Crippen molar-refractivity contribution in [2.45, 2.75) is 44.6 Å². The van der Waals surface area contributed by atoms with Crippen molar-refractivity contribution in [2.75, 3.05) is 11.9 Å². The number of carbonyl (C=O) groups excluding carboxylic acids is 2. The third kappa shape index (κ3) is 3.96. The van der Waals surface area contributed by atoms with Gasteiger partial charge < -0.3 is 14.8 Å². The van der Waals surface area contributed by atoms with Gasteiger partial charge in [-0.05, 0) is 31.0 Å². The Bertz CT molecular complexity index is 598. The number of nitrogens with one attached hydrogen (secondary N) is 1. The van der Waals surface area contributed by atoms with Crippen LogP contribution in [0.2, 0.25) is 5.02 Å². The van der Waals surface area contributed by atoms with E-state index in [1.54, 1.807) is 18.2 Å². The van der Waals surface area contributed by atoms with E-state index in [9.17, 15) is 9.59 Å². The molecule has 124 valence electrons. The lowest BCUT2D eigenvalue weighted by Crippen LogP contribution is -2.38. The predicted molar refractivity (Wildman–Crippen MR) is 86.6 cm³/mol. The van der Waals surface area contributed by atoms with Crippen molar-refractivity contribution in [1.29, 1.82) is 0 Å². The van der Waals surface area contributed by atoms with Crippen LogP contribution < -0.4 is 10.1 Å². The molecule has 2 aliphatic rings. The number of benzene rings is 1. The fraction of sp³-hybridized carbons (Fsp3) is 0.529. The van der Waals surface area contributed by atoms with E-state index in [2.05, 4.69) is 5.32 Å². The van der Waals surface area contributed by atoms with Crippen LogP contribution in [-0.4, -0.2) is 24.6 Å². The van der Waals surface area contributed by atoms with Gasteiger partial charge in [0, 0.05) is 11.4 Å². The number of carbonyl (C=O) groups is 2. The van der Waals surface area contributed by atoms with Gasteiger partial charge in [0.25, 0.3) is 5.91 Å². The molecule has 3 rings (SSSR count). The molecule has 0 saturated heterocycles. The summed E-state index contributed by atoms with van der Waals surface area (Å²) in [4.78, 5) is 24.0. The quantitative estimate of drug-likeness (QED) is 0.853. The molecule has 1 N–H and O–H groups in total. The first-order valence-corrected chi connectivity index (χ1v) is 8.45. The molecule has 0 aromatic heterocycles. The Labute approximate surface area is 140 Å². The van der Waals surface area contributed by atoms with Crippen LogP contribution in [0.5, 0.6) is 5.75 Å². The summed E-state index contributed by atoms with van der Waals surface area (Å²) in [6.45, 7) is 0.191. The second-order valence-electron chi connectivity index (χ2n) is 6.03. The summed E-state index contributed by atoms with van der Waals surface area (Å²) in [7, 11) is 0. The molecule has 1 aromatic rings. The van der Waals surface area contributed by atoms with E-state index in [4.69, 9.17) is 21.1 Å². The summed E-state index contributed by atoms with van der Waals surface area (Å²) >= 11 is 5.89. The Morgan fingerprint density at radius 2 is 2.09 bits per heavy atom. The Hall–Kier alpha value is -1.75. The van der Waals surface area contributed by atoms with Gasteiger partial charge in [-0.3, -0.25) is 9.59 Å². The van der Waals surface area contributed by atoms with Gasteiger partial charge in [0.15, 0.2) is 6.10 Å². The molecule has 1 fully saturated rings. The summed E-state index contributed by atoms with van der Waals surface area (Å²) in [6.07, 6.45) is 4.89. The summed E-state index contributed by atoms with van der Waals surface area (Å²) in [5, 5.41) is 3.30. The number of hydrogen-bond acceptors (Lipinski definition) is 4. The molecule has 0 spiro atoms. The first-order chi connectivity index (χ1) is 11.1. The van der Waals surface area contributed by atoms with E-state index >= 15 is 0 Å². The summed E-state index contributed by atoms with van der Waals surface area (Å²) in [6, 6.07) is 5.07. The average molecular weight is 338 g/mol. The number of esters is 1. The van der Waals surface area contributed by atoms with E-state index in [1.807, 2.05) is 0 Å². The van der Waals surface area contributed by atoms with Gasteiger partial charge in [-0.1, -0.05) is 30.9 Å². The third-order valence-electron chi connectivity index (χ3n) is 4.32. The Morgan fingerprint density at radius 3 is 2.87 bits per heavy atom. The molecular formula is C17H20ClNO4. The monoisotopic (exact) mass is 337 g/mol. The molecule has 5 nitrogen and oxygen atoms in total. The summed E-state index contributed by atoms with van der Waals surface area (Å²) < 4.78 is 11.0. The Morgan fingerprint density at radius 1 is 1.30 bits per heavy atom. The lowest BCUT2D eigenvalue weighted by Gasteiger charge is -2.26. The van der Waals surface area contributed by atoms with E-state index in [-0.39, 0.29) is 24.4 Å². The number of rotatable bonds is 4. The van der Waals surface area contributed by atoms with Gasteiger partial charge in [0.2, 0.25) is 0 Å². The van der Waals surface area contributed by atoms with E-state index < -0.39 is 6.10 Å². The normalized spacial score (nSPS) is 21.1. The lowest BCUT2D eigenvalue weighted by atomic mass is 9.89. The van der Waals surface area contributed by atoms with Crippen LogP contribution in [0.4, 0.5) is 5.69 Å². The van der Waals surface area contributed by atoms with Crippen molar-refractivity contribution >= 4 is 29.2 Å². The second kappa shape index (κ2) is 7.21. The van der Waals surface area contributed by atoms with Gasteiger partial charge in [-0.15, -0.1) is 0 Å². The van der Waals surface area contributed by atoms with E-state index in [1.165, 1.54) is 6.42 Å². The minimum absolute atomic E-state index is 0.0210. The first-order valence-electron chi connectivity index (χ1n) is 8.07. The summed E-state index contributed by atoms with van der Waals surface area (Å²) in [5.41, 5.74) is 0.568. The van der Waals surface area contributed by atoms with Crippen molar-refractivity contribution in [3.63, 3.8) is 0 Å². The second-order valence-corrected chi connectivity index (χ2v) is 6.46. The molecule has 23 heavy (non-hydrogen) atoms. The molecule has 1 aliphatic carbocycles. The fourth-order valence-electron chi connectivity index (χ4n) is 3.04. The SMILES string of the molecule is O=C(OCCC1Oc2ccc(Cl)cc2NC1=O)C1CCCCC1.